The SMILES string of the molecule is CCCCCCCC/C=C\CCCCCCCC(=O)OC(=O)CC(CC(=O)OCCCC)(OCCCC)C(=O)OCCCC. The van der Waals surface area contributed by atoms with E-state index >= 15 is 0 Å². The number of esters is 4. The van der Waals surface area contributed by atoms with Gasteiger partial charge in [-0.15, -0.1) is 0 Å². The quantitative estimate of drug-likeness (QED) is 0.0256. The van der Waals surface area contributed by atoms with Crippen molar-refractivity contribution in [3.63, 3.8) is 0 Å². The van der Waals surface area contributed by atoms with Crippen molar-refractivity contribution in [1.29, 1.82) is 0 Å². The van der Waals surface area contributed by atoms with E-state index in [-0.39, 0.29) is 26.2 Å². The number of hydrogen-bond donors (Lipinski definition) is 0. The van der Waals surface area contributed by atoms with Gasteiger partial charge in [0.15, 0.2) is 5.60 Å². The Morgan fingerprint density at radius 2 is 0.977 bits per heavy atom. The van der Waals surface area contributed by atoms with Gasteiger partial charge in [0, 0.05) is 13.0 Å². The monoisotopic (exact) mass is 624 g/mol. The Kier molecular flexibility index (Phi) is 28.0. The van der Waals surface area contributed by atoms with Crippen molar-refractivity contribution in [2.45, 2.75) is 175 Å². The van der Waals surface area contributed by atoms with Gasteiger partial charge in [-0.05, 0) is 51.4 Å². The van der Waals surface area contributed by atoms with Crippen LogP contribution in [-0.2, 0) is 38.1 Å². The number of carbonyl (C=O) groups excluding carboxylic acids is 4. The van der Waals surface area contributed by atoms with Crippen LogP contribution in [0.5, 0.6) is 0 Å². The molecule has 44 heavy (non-hydrogen) atoms. The number of hydrogen-bond acceptors (Lipinski definition) is 8. The molecule has 0 aliphatic rings. The molecule has 0 fully saturated rings. The van der Waals surface area contributed by atoms with Gasteiger partial charge in [0.2, 0.25) is 0 Å². The molecule has 0 aromatic carbocycles. The van der Waals surface area contributed by atoms with Gasteiger partial charge in [0.05, 0.1) is 26.1 Å². The van der Waals surface area contributed by atoms with Gasteiger partial charge in [0.25, 0.3) is 0 Å². The first-order valence-electron chi connectivity index (χ1n) is 17.7. The molecule has 0 heterocycles. The molecule has 0 spiro atoms. The highest BCUT2D eigenvalue weighted by Gasteiger charge is 2.46. The van der Waals surface area contributed by atoms with Crippen molar-refractivity contribution >= 4 is 23.9 Å². The molecule has 0 radical (unpaired) electrons. The molecule has 0 saturated heterocycles. The molecule has 0 bridgehead atoms. The third-order valence-corrected chi connectivity index (χ3v) is 7.47. The molecule has 8 heteroatoms. The second kappa shape index (κ2) is 29.5. The highest BCUT2D eigenvalue weighted by molar-refractivity contribution is 5.93. The topological polar surface area (TPSA) is 105 Å². The van der Waals surface area contributed by atoms with E-state index in [1.807, 2.05) is 20.8 Å². The Morgan fingerprint density at radius 1 is 0.500 bits per heavy atom. The van der Waals surface area contributed by atoms with E-state index in [0.29, 0.717) is 25.7 Å². The summed E-state index contributed by atoms with van der Waals surface area (Å²) in [5.41, 5.74) is -1.90. The van der Waals surface area contributed by atoms with Gasteiger partial charge in [-0.3, -0.25) is 14.4 Å². The zero-order valence-electron chi connectivity index (χ0n) is 28.6. The molecule has 0 aromatic rings. The Morgan fingerprint density at radius 3 is 1.57 bits per heavy atom. The van der Waals surface area contributed by atoms with Gasteiger partial charge in [0.1, 0.15) is 0 Å². The largest absolute Gasteiger partial charge is 0.466 e. The molecule has 0 N–H and O–H groups in total. The lowest BCUT2D eigenvalue weighted by atomic mass is 9.94. The summed E-state index contributed by atoms with van der Waals surface area (Å²) in [6, 6.07) is 0. The summed E-state index contributed by atoms with van der Waals surface area (Å²) in [6.45, 7) is 8.65. The van der Waals surface area contributed by atoms with Gasteiger partial charge in [-0.2, -0.15) is 0 Å². The molecule has 0 saturated carbocycles. The normalized spacial score (nSPS) is 12.6. The summed E-state index contributed by atoms with van der Waals surface area (Å²) in [4.78, 5) is 51.1. The van der Waals surface area contributed by atoms with Crippen LogP contribution >= 0.6 is 0 Å². The van der Waals surface area contributed by atoms with Crippen molar-refractivity contribution < 1.29 is 38.1 Å². The van der Waals surface area contributed by atoms with Crippen LogP contribution in [-0.4, -0.2) is 49.3 Å². The molecule has 1 unspecified atom stereocenters. The standard InChI is InChI=1S/C36H64O8/c1-5-9-13-14-15-16-17-18-19-20-21-22-23-24-25-26-32(37)44-34(39)31-36(43-29-12-8-4,35(40)42-28-11-7-3)30-33(38)41-27-10-6-2/h18-19H,5-17,20-31H2,1-4H3/b19-18-. The van der Waals surface area contributed by atoms with Gasteiger partial charge in [-0.1, -0.05) is 110 Å². The van der Waals surface area contributed by atoms with E-state index in [4.69, 9.17) is 18.9 Å². The number of unbranched alkanes of at least 4 members (excludes halogenated alkanes) is 14. The molecular formula is C36H64O8. The van der Waals surface area contributed by atoms with Gasteiger partial charge >= 0.3 is 23.9 Å². The minimum Gasteiger partial charge on any atom is -0.466 e. The second-order valence-electron chi connectivity index (χ2n) is 11.8. The first kappa shape index (κ1) is 41.8. The summed E-state index contributed by atoms with van der Waals surface area (Å²) in [5, 5.41) is 0. The highest BCUT2D eigenvalue weighted by atomic mass is 16.6. The molecule has 8 nitrogen and oxygen atoms in total. The molecule has 0 rings (SSSR count). The molecule has 0 amide bonds. The van der Waals surface area contributed by atoms with Crippen molar-refractivity contribution in [2.75, 3.05) is 19.8 Å². The van der Waals surface area contributed by atoms with Crippen LogP contribution in [0.4, 0.5) is 0 Å². The average Bonchev–Trinajstić information content (AvgIpc) is 2.99. The Labute approximate surface area is 268 Å². The van der Waals surface area contributed by atoms with Crippen LogP contribution in [0.1, 0.15) is 169 Å². The molecule has 0 aromatic heterocycles. The average molecular weight is 625 g/mol. The third-order valence-electron chi connectivity index (χ3n) is 7.47. The van der Waals surface area contributed by atoms with E-state index in [1.165, 1.54) is 44.9 Å². The Balaban J connectivity index is 4.68. The molecule has 1 atom stereocenters. The van der Waals surface area contributed by atoms with Crippen LogP contribution in [0.3, 0.4) is 0 Å². The van der Waals surface area contributed by atoms with Crippen LogP contribution in [0.2, 0.25) is 0 Å². The number of rotatable bonds is 30. The zero-order chi connectivity index (χ0) is 32.7. The van der Waals surface area contributed by atoms with Crippen LogP contribution in [0.15, 0.2) is 12.2 Å². The van der Waals surface area contributed by atoms with E-state index in [9.17, 15) is 19.2 Å². The van der Waals surface area contributed by atoms with Crippen LogP contribution < -0.4 is 0 Å². The van der Waals surface area contributed by atoms with Crippen LogP contribution in [0.25, 0.3) is 0 Å². The van der Waals surface area contributed by atoms with Crippen molar-refractivity contribution in [1.82, 2.24) is 0 Å². The molecular weight excluding hydrogens is 560 g/mol. The number of allylic oxidation sites excluding steroid dienone is 2. The van der Waals surface area contributed by atoms with E-state index in [1.54, 1.807) is 0 Å². The van der Waals surface area contributed by atoms with Gasteiger partial charge in [-0.25, -0.2) is 4.79 Å². The highest BCUT2D eigenvalue weighted by Crippen LogP contribution is 2.26. The summed E-state index contributed by atoms with van der Waals surface area (Å²) in [5.74, 6) is -3.01. The fourth-order valence-electron chi connectivity index (χ4n) is 4.62. The summed E-state index contributed by atoms with van der Waals surface area (Å²) in [6.07, 6.45) is 23.0. The maximum Gasteiger partial charge on any atom is 0.339 e. The first-order valence-corrected chi connectivity index (χ1v) is 17.7. The maximum atomic E-state index is 13.2. The molecule has 256 valence electrons. The van der Waals surface area contributed by atoms with Gasteiger partial charge < -0.3 is 18.9 Å². The van der Waals surface area contributed by atoms with E-state index in [0.717, 1.165) is 51.4 Å². The molecule has 0 aliphatic carbocycles. The number of ether oxygens (including phenoxy) is 4. The maximum absolute atomic E-state index is 13.2. The summed E-state index contributed by atoms with van der Waals surface area (Å²) >= 11 is 0. The fourth-order valence-corrected chi connectivity index (χ4v) is 4.62. The minimum atomic E-state index is -1.90. The minimum absolute atomic E-state index is 0.119. The second-order valence-corrected chi connectivity index (χ2v) is 11.8. The Bertz CT molecular complexity index is 778. The first-order chi connectivity index (χ1) is 21.3. The van der Waals surface area contributed by atoms with E-state index < -0.39 is 42.3 Å². The van der Waals surface area contributed by atoms with Crippen molar-refractivity contribution in [2.24, 2.45) is 0 Å². The lowest BCUT2D eigenvalue weighted by molar-refractivity contribution is -0.187. The lowest BCUT2D eigenvalue weighted by Crippen LogP contribution is -2.48. The predicted molar refractivity (Wildman–Crippen MR) is 175 cm³/mol. The fraction of sp³-hybridized carbons (Fsp3) is 0.833. The number of carbonyl (C=O) groups is 4. The smallest absolute Gasteiger partial charge is 0.339 e. The van der Waals surface area contributed by atoms with Crippen LogP contribution in [0, 0.1) is 0 Å². The molecule has 0 aliphatic heterocycles. The van der Waals surface area contributed by atoms with Crippen molar-refractivity contribution in [3.8, 4) is 0 Å². The third kappa shape index (κ3) is 23.2. The Hall–Kier alpha value is -2.22. The summed E-state index contributed by atoms with van der Waals surface area (Å²) in [7, 11) is 0. The zero-order valence-corrected chi connectivity index (χ0v) is 28.6. The van der Waals surface area contributed by atoms with Crippen molar-refractivity contribution in [3.05, 3.63) is 12.2 Å². The van der Waals surface area contributed by atoms with E-state index in [2.05, 4.69) is 19.1 Å². The summed E-state index contributed by atoms with van der Waals surface area (Å²) < 4.78 is 21.6. The predicted octanol–water partition coefficient (Wildman–Crippen LogP) is 9.12. The lowest BCUT2D eigenvalue weighted by Gasteiger charge is -2.30.